The summed E-state index contributed by atoms with van der Waals surface area (Å²) in [5.74, 6) is 0.754. The van der Waals surface area contributed by atoms with Gasteiger partial charge in [0.2, 0.25) is 5.75 Å². The molecule has 2 rings (SSSR count). The quantitative estimate of drug-likeness (QED) is 0.668. The number of carbonyl (C=O) groups excluding carboxylic acids is 1. The molecule has 7 heteroatoms. The molecular formula is C18H20N2O5. The second kappa shape index (κ2) is 7.96. The molecule has 0 unspecified atom stereocenters. The van der Waals surface area contributed by atoms with Gasteiger partial charge in [0.15, 0.2) is 11.5 Å². The summed E-state index contributed by atoms with van der Waals surface area (Å²) in [4.78, 5) is 12.4. The molecule has 1 amide bonds. The number of phenolic OH excluding ortho intramolecular Hbond substituents is 1. The standard InChI is InChI=1S/C18H20N2O5/c1-11(13-7-5-6-8-14(13)21)19-20-18(22)12-9-15(23-2)17(25-4)16(10-12)24-3/h5-10,19,21H,1H2,2-4H3,(H,20,22). The van der Waals surface area contributed by atoms with Gasteiger partial charge in [-0.2, -0.15) is 0 Å². The number of carbonyl (C=O) groups is 1. The van der Waals surface area contributed by atoms with E-state index in [2.05, 4.69) is 17.4 Å². The van der Waals surface area contributed by atoms with E-state index in [9.17, 15) is 9.90 Å². The molecule has 3 N–H and O–H groups in total. The molecule has 0 spiro atoms. The predicted molar refractivity (Wildman–Crippen MR) is 93.8 cm³/mol. The normalized spacial score (nSPS) is 9.88. The third-order valence-electron chi connectivity index (χ3n) is 3.48. The van der Waals surface area contributed by atoms with Crippen LogP contribution in [0.5, 0.6) is 23.0 Å². The number of phenols is 1. The predicted octanol–water partition coefficient (Wildman–Crippen LogP) is 2.32. The van der Waals surface area contributed by atoms with Gasteiger partial charge in [0.05, 0.1) is 27.0 Å². The van der Waals surface area contributed by atoms with E-state index < -0.39 is 5.91 Å². The third-order valence-corrected chi connectivity index (χ3v) is 3.48. The third kappa shape index (κ3) is 3.95. The van der Waals surface area contributed by atoms with Crippen LogP contribution in [0.15, 0.2) is 43.0 Å². The maximum absolute atomic E-state index is 12.4. The van der Waals surface area contributed by atoms with E-state index in [0.29, 0.717) is 34.1 Å². The van der Waals surface area contributed by atoms with Gasteiger partial charge in [-0.05, 0) is 24.3 Å². The van der Waals surface area contributed by atoms with Crippen molar-refractivity contribution >= 4 is 11.6 Å². The minimum absolute atomic E-state index is 0.0574. The van der Waals surface area contributed by atoms with Crippen LogP contribution in [-0.2, 0) is 0 Å². The highest BCUT2D eigenvalue weighted by atomic mass is 16.5. The van der Waals surface area contributed by atoms with E-state index in [-0.39, 0.29) is 5.75 Å². The zero-order chi connectivity index (χ0) is 18.4. The van der Waals surface area contributed by atoms with Crippen LogP contribution in [0.25, 0.3) is 5.70 Å². The van der Waals surface area contributed by atoms with E-state index in [0.717, 1.165) is 0 Å². The Morgan fingerprint density at radius 1 is 1.00 bits per heavy atom. The molecule has 132 valence electrons. The number of rotatable bonds is 7. The van der Waals surface area contributed by atoms with Crippen molar-refractivity contribution in [2.45, 2.75) is 0 Å². The maximum atomic E-state index is 12.4. The minimum Gasteiger partial charge on any atom is -0.507 e. The van der Waals surface area contributed by atoms with Crippen molar-refractivity contribution in [2.24, 2.45) is 0 Å². The molecule has 0 saturated carbocycles. The Kier molecular flexibility index (Phi) is 5.73. The smallest absolute Gasteiger partial charge is 0.269 e. The summed E-state index contributed by atoms with van der Waals surface area (Å²) in [6.07, 6.45) is 0. The Bertz CT molecular complexity index is 764. The van der Waals surface area contributed by atoms with Gasteiger partial charge < -0.3 is 19.3 Å². The summed E-state index contributed by atoms with van der Waals surface area (Å²) in [5.41, 5.74) is 6.31. The lowest BCUT2D eigenvalue weighted by atomic mass is 10.1. The molecule has 25 heavy (non-hydrogen) atoms. The number of hydrazine groups is 1. The summed E-state index contributed by atoms with van der Waals surface area (Å²) >= 11 is 0. The number of hydrogen-bond acceptors (Lipinski definition) is 6. The second-order valence-corrected chi connectivity index (χ2v) is 4.99. The Balaban J connectivity index is 2.16. The molecule has 0 aliphatic carbocycles. The first-order chi connectivity index (χ1) is 12.0. The van der Waals surface area contributed by atoms with Crippen LogP contribution in [0.2, 0.25) is 0 Å². The highest BCUT2D eigenvalue weighted by molar-refractivity contribution is 5.95. The van der Waals surface area contributed by atoms with Crippen molar-refractivity contribution in [3.05, 3.63) is 54.1 Å². The molecule has 0 aliphatic rings. The van der Waals surface area contributed by atoms with E-state index >= 15 is 0 Å². The van der Waals surface area contributed by atoms with Gasteiger partial charge in [-0.3, -0.25) is 15.6 Å². The first-order valence-corrected chi connectivity index (χ1v) is 7.35. The van der Waals surface area contributed by atoms with Crippen LogP contribution >= 0.6 is 0 Å². The lowest BCUT2D eigenvalue weighted by molar-refractivity contribution is 0.0941. The molecule has 0 atom stereocenters. The number of ether oxygens (including phenoxy) is 3. The molecule has 0 radical (unpaired) electrons. The summed E-state index contributed by atoms with van der Waals surface area (Å²) in [7, 11) is 4.42. The molecule has 2 aromatic rings. The van der Waals surface area contributed by atoms with E-state index in [1.54, 1.807) is 18.2 Å². The van der Waals surface area contributed by atoms with Gasteiger partial charge in [0.1, 0.15) is 5.75 Å². The van der Waals surface area contributed by atoms with Gasteiger partial charge in [-0.15, -0.1) is 0 Å². The average molecular weight is 344 g/mol. The van der Waals surface area contributed by atoms with Crippen molar-refractivity contribution in [3.8, 4) is 23.0 Å². The van der Waals surface area contributed by atoms with E-state index in [1.165, 1.54) is 39.5 Å². The number of methoxy groups -OCH3 is 3. The van der Waals surface area contributed by atoms with Crippen molar-refractivity contribution in [1.82, 2.24) is 10.9 Å². The second-order valence-electron chi connectivity index (χ2n) is 4.99. The monoisotopic (exact) mass is 344 g/mol. The summed E-state index contributed by atoms with van der Waals surface area (Å²) < 4.78 is 15.7. The topological polar surface area (TPSA) is 89.1 Å². The fourth-order valence-corrected chi connectivity index (χ4v) is 2.21. The van der Waals surface area contributed by atoms with Crippen LogP contribution < -0.4 is 25.1 Å². The van der Waals surface area contributed by atoms with Gasteiger partial charge in [-0.1, -0.05) is 18.7 Å². The number of hydrogen-bond donors (Lipinski definition) is 3. The van der Waals surface area contributed by atoms with Crippen LogP contribution in [-0.4, -0.2) is 32.3 Å². The van der Waals surface area contributed by atoms with Crippen LogP contribution in [0.3, 0.4) is 0 Å². The molecule has 0 aliphatic heterocycles. The fourth-order valence-electron chi connectivity index (χ4n) is 2.21. The Labute approximate surface area is 145 Å². The highest BCUT2D eigenvalue weighted by Gasteiger charge is 2.17. The molecule has 0 heterocycles. The SMILES string of the molecule is C=C(NNC(=O)c1cc(OC)c(OC)c(OC)c1)c1ccccc1O. The first kappa shape index (κ1) is 18.0. The average Bonchev–Trinajstić information content (AvgIpc) is 2.64. The Morgan fingerprint density at radius 2 is 1.60 bits per heavy atom. The highest BCUT2D eigenvalue weighted by Crippen LogP contribution is 2.38. The lowest BCUT2D eigenvalue weighted by Gasteiger charge is -2.15. The zero-order valence-corrected chi connectivity index (χ0v) is 14.3. The molecular weight excluding hydrogens is 324 g/mol. The lowest BCUT2D eigenvalue weighted by Crippen LogP contribution is -2.35. The van der Waals surface area contributed by atoms with Crippen molar-refractivity contribution in [1.29, 1.82) is 0 Å². The largest absolute Gasteiger partial charge is 0.507 e. The number of nitrogens with one attached hydrogen (secondary N) is 2. The van der Waals surface area contributed by atoms with E-state index in [4.69, 9.17) is 14.2 Å². The van der Waals surface area contributed by atoms with E-state index in [1.807, 2.05) is 0 Å². The van der Waals surface area contributed by atoms with Gasteiger partial charge in [0.25, 0.3) is 5.91 Å². The first-order valence-electron chi connectivity index (χ1n) is 7.35. The van der Waals surface area contributed by atoms with Crippen LogP contribution in [0.1, 0.15) is 15.9 Å². The van der Waals surface area contributed by atoms with Gasteiger partial charge >= 0.3 is 0 Å². The molecule has 2 aromatic carbocycles. The molecule has 0 bridgehead atoms. The minimum atomic E-state index is -0.434. The Hall–Kier alpha value is -3.35. The maximum Gasteiger partial charge on any atom is 0.269 e. The summed E-state index contributed by atoms with van der Waals surface area (Å²) in [6.45, 7) is 3.79. The van der Waals surface area contributed by atoms with Crippen molar-refractivity contribution in [2.75, 3.05) is 21.3 Å². The van der Waals surface area contributed by atoms with Crippen molar-refractivity contribution in [3.63, 3.8) is 0 Å². The molecule has 0 fully saturated rings. The van der Waals surface area contributed by atoms with Crippen LogP contribution in [0.4, 0.5) is 0 Å². The molecule has 0 aromatic heterocycles. The molecule has 0 saturated heterocycles. The number of benzene rings is 2. The molecule has 7 nitrogen and oxygen atoms in total. The fraction of sp³-hybridized carbons (Fsp3) is 0.167. The van der Waals surface area contributed by atoms with Crippen LogP contribution in [0, 0.1) is 0 Å². The zero-order valence-electron chi connectivity index (χ0n) is 14.3. The van der Waals surface area contributed by atoms with Crippen molar-refractivity contribution < 1.29 is 24.1 Å². The number of para-hydroxylation sites is 1. The van der Waals surface area contributed by atoms with Gasteiger partial charge in [0, 0.05) is 11.1 Å². The Morgan fingerprint density at radius 3 is 2.12 bits per heavy atom. The van der Waals surface area contributed by atoms with Gasteiger partial charge in [-0.25, -0.2) is 0 Å². The number of aromatic hydroxyl groups is 1. The number of amides is 1. The summed E-state index contributed by atoms with van der Waals surface area (Å²) in [5, 5.41) is 9.80. The summed E-state index contributed by atoms with van der Waals surface area (Å²) in [6, 6.07) is 9.71.